The SMILES string of the molecule is CCCNC(C)CC(C)Cc1cn(C)nn1. The highest BCUT2D eigenvalue weighted by Gasteiger charge is 2.10. The van der Waals surface area contributed by atoms with Crippen LogP contribution in [0.5, 0.6) is 0 Å². The number of rotatable bonds is 7. The van der Waals surface area contributed by atoms with Gasteiger partial charge in [0.15, 0.2) is 0 Å². The maximum absolute atomic E-state index is 4.12. The van der Waals surface area contributed by atoms with Crippen LogP contribution in [-0.2, 0) is 13.5 Å². The van der Waals surface area contributed by atoms with Crippen molar-refractivity contribution in [1.82, 2.24) is 20.3 Å². The standard InChI is InChI=1S/C12H24N4/c1-5-6-13-11(3)7-10(2)8-12-9-16(4)15-14-12/h9-11,13H,5-8H2,1-4H3. The van der Waals surface area contributed by atoms with Crippen molar-refractivity contribution < 1.29 is 0 Å². The Morgan fingerprint density at radius 3 is 2.75 bits per heavy atom. The highest BCUT2D eigenvalue weighted by atomic mass is 15.4. The van der Waals surface area contributed by atoms with Crippen molar-refractivity contribution in [2.24, 2.45) is 13.0 Å². The largest absolute Gasteiger partial charge is 0.314 e. The van der Waals surface area contributed by atoms with Crippen LogP contribution in [0.4, 0.5) is 0 Å². The molecule has 0 radical (unpaired) electrons. The lowest BCUT2D eigenvalue weighted by Crippen LogP contribution is -2.28. The molecule has 1 aromatic rings. The molecule has 0 aromatic carbocycles. The third kappa shape index (κ3) is 4.75. The maximum Gasteiger partial charge on any atom is 0.0829 e. The summed E-state index contributed by atoms with van der Waals surface area (Å²) < 4.78 is 1.76. The van der Waals surface area contributed by atoms with Gasteiger partial charge in [0, 0.05) is 19.3 Å². The van der Waals surface area contributed by atoms with E-state index in [1.807, 2.05) is 13.2 Å². The van der Waals surface area contributed by atoms with Crippen LogP contribution in [0.1, 0.15) is 39.3 Å². The highest BCUT2D eigenvalue weighted by molar-refractivity contribution is 4.93. The summed E-state index contributed by atoms with van der Waals surface area (Å²) in [5.41, 5.74) is 1.10. The first-order chi connectivity index (χ1) is 7.61. The van der Waals surface area contributed by atoms with E-state index in [1.165, 1.54) is 12.8 Å². The summed E-state index contributed by atoms with van der Waals surface area (Å²) in [6.07, 6.45) is 5.41. The minimum absolute atomic E-state index is 0.589. The molecule has 2 atom stereocenters. The molecule has 2 unspecified atom stereocenters. The highest BCUT2D eigenvalue weighted by Crippen LogP contribution is 2.11. The molecule has 1 rings (SSSR count). The van der Waals surface area contributed by atoms with Gasteiger partial charge in [-0.25, -0.2) is 0 Å². The van der Waals surface area contributed by atoms with E-state index in [0.29, 0.717) is 12.0 Å². The van der Waals surface area contributed by atoms with E-state index in [2.05, 4.69) is 36.4 Å². The van der Waals surface area contributed by atoms with Crippen molar-refractivity contribution in [3.63, 3.8) is 0 Å². The van der Waals surface area contributed by atoms with Gasteiger partial charge in [0.1, 0.15) is 0 Å². The first-order valence-electron chi connectivity index (χ1n) is 6.20. The van der Waals surface area contributed by atoms with E-state index in [-0.39, 0.29) is 0 Å². The number of nitrogens with one attached hydrogen (secondary N) is 1. The van der Waals surface area contributed by atoms with Crippen LogP contribution in [0, 0.1) is 5.92 Å². The quantitative estimate of drug-likeness (QED) is 0.767. The van der Waals surface area contributed by atoms with Gasteiger partial charge in [-0.3, -0.25) is 4.68 Å². The lowest BCUT2D eigenvalue weighted by atomic mass is 9.98. The normalized spacial score (nSPS) is 15.0. The Labute approximate surface area is 98.4 Å². The zero-order valence-corrected chi connectivity index (χ0v) is 10.9. The summed E-state index contributed by atoms with van der Waals surface area (Å²) >= 11 is 0. The van der Waals surface area contributed by atoms with Crippen LogP contribution >= 0.6 is 0 Å². The molecular formula is C12H24N4. The third-order valence-corrected chi connectivity index (χ3v) is 2.71. The van der Waals surface area contributed by atoms with Gasteiger partial charge >= 0.3 is 0 Å². The topological polar surface area (TPSA) is 42.7 Å². The predicted molar refractivity (Wildman–Crippen MR) is 66.2 cm³/mol. The molecule has 16 heavy (non-hydrogen) atoms. The Kier molecular flexibility index (Phi) is 5.46. The van der Waals surface area contributed by atoms with Crippen molar-refractivity contribution in [2.45, 2.75) is 46.1 Å². The molecule has 1 N–H and O–H groups in total. The van der Waals surface area contributed by atoms with Crippen molar-refractivity contribution in [3.05, 3.63) is 11.9 Å². The van der Waals surface area contributed by atoms with Crippen LogP contribution in [0.2, 0.25) is 0 Å². The number of aromatic nitrogens is 3. The zero-order valence-electron chi connectivity index (χ0n) is 10.9. The second-order valence-corrected chi connectivity index (χ2v) is 4.78. The van der Waals surface area contributed by atoms with E-state index >= 15 is 0 Å². The Morgan fingerprint density at radius 1 is 1.44 bits per heavy atom. The fourth-order valence-corrected chi connectivity index (χ4v) is 2.01. The van der Waals surface area contributed by atoms with E-state index in [1.54, 1.807) is 4.68 Å². The molecule has 92 valence electrons. The molecule has 0 aliphatic carbocycles. The first kappa shape index (κ1) is 13.2. The molecule has 0 amide bonds. The molecule has 1 heterocycles. The van der Waals surface area contributed by atoms with Crippen LogP contribution in [0.25, 0.3) is 0 Å². The number of hydrogen-bond donors (Lipinski definition) is 1. The summed E-state index contributed by atoms with van der Waals surface area (Å²) in [5, 5.41) is 11.6. The Bertz CT molecular complexity index is 295. The van der Waals surface area contributed by atoms with Gasteiger partial charge in [0.2, 0.25) is 0 Å². The summed E-state index contributed by atoms with van der Waals surface area (Å²) in [7, 11) is 1.91. The van der Waals surface area contributed by atoms with Gasteiger partial charge in [0.05, 0.1) is 5.69 Å². The lowest BCUT2D eigenvalue weighted by Gasteiger charge is -2.17. The van der Waals surface area contributed by atoms with Gasteiger partial charge in [0.25, 0.3) is 0 Å². The molecule has 0 aliphatic rings. The van der Waals surface area contributed by atoms with Crippen molar-refractivity contribution in [2.75, 3.05) is 6.54 Å². The van der Waals surface area contributed by atoms with Gasteiger partial charge in [-0.1, -0.05) is 19.1 Å². The molecule has 0 spiro atoms. The Balaban J connectivity index is 2.27. The molecule has 0 saturated heterocycles. The van der Waals surface area contributed by atoms with Crippen molar-refractivity contribution in [1.29, 1.82) is 0 Å². The third-order valence-electron chi connectivity index (χ3n) is 2.71. The van der Waals surface area contributed by atoms with Gasteiger partial charge in [-0.15, -0.1) is 5.10 Å². The zero-order chi connectivity index (χ0) is 12.0. The van der Waals surface area contributed by atoms with E-state index in [4.69, 9.17) is 0 Å². The van der Waals surface area contributed by atoms with Crippen LogP contribution in [0.15, 0.2) is 6.20 Å². The minimum atomic E-state index is 0.589. The van der Waals surface area contributed by atoms with Crippen molar-refractivity contribution >= 4 is 0 Å². The van der Waals surface area contributed by atoms with E-state index < -0.39 is 0 Å². The monoisotopic (exact) mass is 224 g/mol. The molecule has 0 fully saturated rings. The molecule has 4 heteroatoms. The average molecular weight is 224 g/mol. The minimum Gasteiger partial charge on any atom is -0.314 e. The van der Waals surface area contributed by atoms with Crippen molar-refractivity contribution in [3.8, 4) is 0 Å². The lowest BCUT2D eigenvalue weighted by molar-refractivity contribution is 0.417. The summed E-state index contributed by atoms with van der Waals surface area (Å²) in [4.78, 5) is 0. The average Bonchev–Trinajstić information content (AvgIpc) is 2.60. The first-order valence-corrected chi connectivity index (χ1v) is 6.20. The molecule has 1 aromatic heterocycles. The Hall–Kier alpha value is -0.900. The van der Waals surface area contributed by atoms with Gasteiger partial charge in [-0.05, 0) is 38.6 Å². The molecule has 4 nitrogen and oxygen atoms in total. The van der Waals surface area contributed by atoms with E-state index in [9.17, 15) is 0 Å². The fraction of sp³-hybridized carbons (Fsp3) is 0.833. The second-order valence-electron chi connectivity index (χ2n) is 4.78. The smallest absolute Gasteiger partial charge is 0.0829 e. The number of hydrogen-bond acceptors (Lipinski definition) is 3. The van der Waals surface area contributed by atoms with E-state index in [0.717, 1.165) is 18.7 Å². The van der Waals surface area contributed by atoms with Crippen LogP contribution < -0.4 is 5.32 Å². The van der Waals surface area contributed by atoms with Crippen LogP contribution in [-0.4, -0.2) is 27.6 Å². The van der Waals surface area contributed by atoms with Crippen LogP contribution in [0.3, 0.4) is 0 Å². The Morgan fingerprint density at radius 2 is 2.19 bits per heavy atom. The predicted octanol–water partition coefficient (Wildman–Crippen LogP) is 1.77. The molecule has 0 aliphatic heterocycles. The van der Waals surface area contributed by atoms with Gasteiger partial charge in [-0.2, -0.15) is 0 Å². The maximum atomic E-state index is 4.12. The summed E-state index contributed by atoms with van der Waals surface area (Å²) in [6, 6.07) is 0.589. The molecular weight excluding hydrogens is 200 g/mol. The molecule has 0 saturated carbocycles. The number of nitrogens with zero attached hydrogens (tertiary/aromatic N) is 3. The summed E-state index contributed by atoms with van der Waals surface area (Å²) in [5.74, 6) is 0.649. The number of aryl methyl sites for hydroxylation is 1. The fourth-order valence-electron chi connectivity index (χ4n) is 2.01. The summed E-state index contributed by atoms with van der Waals surface area (Å²) in [6.45, 7) is 7.84. The molecule has 0 bridgehead atoms. The second kappa shape index (κ2) is 6.63. The van der Waals surface area contributed by atoms with Gasteiger partial charge < -0.3 is 5.32 Å².